The zero-order valence-electron chi connectivity index (χ0n) is 32.1. The molecule has 0 amide bonds. The maximum Gasteiger partial charge on any atom is 0.164 e. The zero-order valence-corrected chi connectivity index (χ0v) is 32.1. The van der Waals surface area contributed by atoms with Crippen LogP contribution in [0.3, 0.4) is 0 Å². The molecule has 0 radical (unpaired) electrons. The Hall–Kier alpha value is -7.43. The van der Waals surface area contributed by atoms with E-state index in [-0.39, 0.29) is 5.41 Å². The highest BCUT2D eigenvalue weighted by Crippen LogP contribution is 2.52. The van der Waals surface area contributed by atoms with Crippen molar-refractivity contribution >= 4 is 54.1 Å². The summed E-state index contributed by atoms with van der Waals surface area (Å²) in [5.41, 5.74) is 11.3. The van der Waals surface area contributed by atoms with Crippen LogP contribution in [0, 0.1) is 0 Å². The molecule has 1 aliphatic carbocycles. The molecule has 0 spiro atoms. The highest BCUT2D eigenvalue weighted by molar-refractivity contribution is 6.25. The lowest BCUT2D eigenvalue weighted by molar-refractivity contribution is 0.661. The molecule has 2 heterocycles. The first-order valence-electron chi connectivity index (χ1n) is 19.9. The Bertz CT molecular complexity index is 3380. The maximum absolute atomic E-state index is 5.07. The van der Waals surface area contributed by atoms with Crippen LogP contribution < -0.4 is 0 Å². The van der Waals surface area contributed by atoms with Crippen molar-refractivity contribution in [2.75, 3.05) is 0 Å². The normalized spacial score (nSPS) is 13.1. The van der Waals surface area contributed by atoms with Crippen LogP contribution in [0.25, 0.3) is 105 Å². The van der Waals surface area contributed by atoms with Gasteiger partial charge in [-0.25, -0.2) is 15.0 Å². The summed E-state index contributed by atoms with van der Waals surface area (Å²) < 4.78 is 2.47. The van der Waals surface area contributed by atoms with E-state index in [1.165, 1.54) is 76.4 Å². The van der Waals surface area contributed by atoms with Crippen LogP contribution >= 0.6 is 0 Å². The predicted octanol–water partition coefficient (Wildman–Crippen LogP) is 13.7. The number of aromatic nitrogens is 4. The molecule has 272 valence electrons. The molecule has 2 aromatic heterocycles. The summed E-state index contributed by atoms with van der Waals surface area (Å²) in [6, 6.07) is 65.5. The molecular weight excluding hydrogens is 705 g/mol. The van der Waals surface area contributed by atoms with Gasteiger partial charge < -0.3 is 4.57 Å². The molecule has 0 unspecified atom stereocenters. The van der Waals surface area contributed by atoms with Gasteiger partial charge in [0.15, 0.2) is 17.5 Å². The van der Waals surface area contributed by atoms with Crippen molar-refractivity contribution in [1.82, 2.24) is 19.5 Å². The highest BCUT2D eigenvalue weighted by atomic mass is 15.0. The third-order valence-corrected chi connectivity index (χ3v) is 12.4. The summed E-state index contributed by atoms with van der Waals surface area (Å²) in [7, 11) is 0. The van der Waals surface area contributed by atoms with Crippen molar-refractivity contribution in [2.45, 2.75) is 19.3 Å². The Balaban J connectivity index is 1.04. The smallest absolute Gasteiger partial charge is 0.164 e. The second-order valence-corrected chi connectivity index (χ2v) is 16.0. The van der Waals surface area contributed by atoms with Gasteiger partial charge in [-0.1, -0.05) is 159 Å². The fourth-order valence-corrected chi connectivity index (χ4v) is 9.59. The van der Waals surface area contributed by atoms with E-state index < -0.39 is 0 Å². The zero-order chi connectivity index (χ0) is 38.5. The second-order valence-electron chi connectivity index (χ2n) is 16.0. The van der Waals surface area contributed by atoms with Gasteiger partial charge in [-0.05, 0) is 91.0 Å². The number of hydrogen-bond acceptors (Lipinski definition) is 3. The van der Waals surface area contributed by atoms with E-state index in [1.807, 2.05) is 36.4 Å². The van der Waals surface area contributed by atoms with Crippen molar-refractivity contribution < 1.29 is 0 Å². The molecule has 9 aromatic carbocycles. The van der Waals surface area contributed by atoms with Crippen LogP contribution in [-0.4, -0.2) is 19.5 Å². The molecule has 0 saturated carbocycles. The molecule has 12 rings (SSSR count). The van der Waals surface area contributed by atoms with Gasteiger partial charge in [0.05, 0.1) is 11.0 Å². The Morgan fingerprint density at radius 3 is 1.47 bits per heavy atom. The molecule has 0 fully saturated rings. The summed E-state index contributed by atoms with van der Waals surface area (Å²) in [6.07, 6.45) is 0. The Morgan fingerprint density at radius 2 is 0.845 bits per heavy atom. The molecule has 58 heavy (non-hydrogen) atoms. The van der Waals surface area contributed by atoms with Gasteiger partial charge in [-0.15, -0.1) is 0 Å². The van der Waals surface area contributed by atoms with Gasteiger partial charge in [0.2, 0.25) is 0 Å². The number of rotatable bonds is 4. The van der Waals surface area contributed by atoms with E-state index >= 15 is 0 Å². The van der Waals surface area contributed by atoms with E-state index in [9.17, 15) is 0 Å². The topological polar surface area (TPSA) is 43.6 Å². The van der Waals surface area contributed by atoms with Crippen molar-refractivity contribution in [2.24, 2.45) is 0 Å². The van der Waals surface area contributed by atoms with Crippen LogP contribution in [0.4, 0.5) is 0 Å². The minimum Gasteiger partial charge on any atom is -0.309 e. The molecule has 0 saturated heterocycles. The third kappa shape index (κ3) is 4.78. The minimum atomic E-state index is -0.272. The van der Waals surface area contributed by atoms with Crippen LogP contribution in [0.2, 0.25) is 0 Å². The van der Waals surface area contributed by atoms with Gasteiger partial charge in [-0.3, -0.25) is 0 Å². The van der Waals surface area contributed by atoms with Gasteiger partial charge in [0, 0.05) is 38.6 Å². The van der Waals surface area contributed by atoms with Crippen molar-refractivity contribution in [1.29, 1.82) is 0 Å². The largest absolute Gasteiger partial charge is 0.309 e. The Morgan fingerprint density at radius 1 is 0.345 bits per heavy atom. The molecule has 0 N–H and O–H groups in total. The summed E-state index contributed by atoms with van der Waals surface area (Å²) in [4.78, 5) is 15.1. The van der Waals surface area contributed by atoms with Crippen molar-refractivity contribution in [3.8, 4) is 51.0 Å². The summed E-state index contributed by atoms with van der Waals surface area (Å²) >= 11 is 0. The Labute approximate surface area is 335 Å². The molecule has 1 aliphatic rings. The molecular formula is C54H36N4. The van der Waals surface area contributed by atoms with Gasteiger partial charge in [-0.2, -0.15) is 0 Å². The maximum atomic E-state index is 5.07. The SMILES string of the molecule is CC1(C)c2cc(-c3nc(-c4ccccc4)nc(-c4ccccc4)n3)ccc2-c2cc3c4ccccc4n(-c4ccc5c6ccccc6c6ccccc6c5c4)c3cc21. The lowest BCUT2D eigenvalue weighted by Gasteiger charge is -2.22. The number of benzene rings is 9. The first kappa shape index (κ1) is 32.8. The molecule has 4 nitrogen and oxygen atoms in total. The lowest BCUT2D eigenvalue weighted by atomic mass is 9.81. The molecule has 0 bridgehead atoms. The second kappa shape index (κ2) is 12.3. The Kier molecular flexibility index (Phi) is 6.94. The molecule has 11 aromatic rings. The number of hydrogen-bond donors (Lipinski definition) is 0. The summed E-state index contributed by atoms with van der Waals surface area (Å²) in [5.74, 6) is 2.00. The summed E-state index contributed by atoms with van der Waals surface area (Å²) in [6.45, 7) is 4.71. The van der Waals surface area contributed by atoms with E-state index in [1.54, 1.807) is 0 Å². The highest BCUT2D eigenvalue weighted by Gasteiger charge is 2.37. The van der Waals surface area contributed by atoms with Gasteiger partial charge in [0.25, 0.3) is 0 Å². The van der Waals surface area contributed by atoms with E-state index in [0.29, 0.717) is 17.5 Å². The monoisotopic (exact) mass is 740 g/mol. The number of para-hydroxylation sites is 1. The standard InChI is InChI=1S/C54H36N4/c1-54(2)47-29-35(53-56-51(33-15-5-3-6-16-33)55-52(57-53)34-17-7-4-8-18-34)25-27-42(47)45-31-46-43-23-13-14-24-49(43)58(50(46)32-48(45)54)36-26-28-41-39-21-10-9-19-37(39)38-20-11-12-22-40(38)44(41)30-36/h3-32H,1-2H3. The third-order valence-electron chi connectivity index (χ3n) is 12.4. The minimum absolute atomic E-state index is 0.272. The molecule has 0 aliphatic heterocycles. The average Bonchev–Trinajstić information content (AvgIpc) is 3.73. The average molecular weight is 741 g/mol. The van der Waals surface area contributed by atoms with E-state index in [2.05, 4.69) is 164 Å². The predicted molar refractivity (Wildman–Crippen MR) is 241 cm³/mol. The quantitative estimate of drug-likeness (QED) is 0.169. The molecule has 4 heteroatoms. The summed E-state index contributed by atoms with van der Waals surface area (Å²) in [5, 5.41) is 10.2. The van der Waals surface area contributed by atoms with Gasteiger partial charge >= 0.3 is 0 Å². The number of fused-ring (bicyclic) bond motifs is 12. The van der Waals surface area contributed by atoms with Crippen molar-refractivity contribution in [3.63, 3.8) is 0 Å². The first-order chi connectivity index (χ1) is 28.5. The van der Waals surface area contributed by atoms with Crippen LogP contribution in [0.1, 0.15) is 25.0 Å². The van der Waals surface area contributed by atoms with Crippen LogP contribution in [-0.2, 0) is 5.41 Å². The van der Waals surface area contributed by atoms with E-state index in [0.717, 1.165) is 22.4 Å². The first-order valence-corrected chi connectivity index (χ1v) is 19.9. The fourth-order valence-electron chi connectivity index (χ4n) is 9.59. The molecule has 0 atom stereocenters. The van der Waals surface area contributed by atoms with E-state index in [4.69, 9.17) is 15.0 Å². The van der Waals surface area contributed by atoms with Crippen LogP contribution in [0.5, 0.6) is 0 Å². The van der Waals surface area contributed by atoms with Gasteiger partial charge in [0.1, 0.15) is 0 Å². The van der Waals surface area contributed by atoms with Crippen LogP contribution in [0.15, 0.2) is 182 Å². The fraction of sp³-hybridized carbons (Fsp3) is 0.0556. The number of nitrogens with zero attached hydrogens (tertiary/aromatic N) is 4. The lowest BCUT2D eigenvalue weighted by Crippen LogP contribution is -2.15. The van der Waals surface area contributed by atoms with Crippen molar-refractivity contribution in [3.05, 3.63) is 193 Å².